The molecular weight excluding hydrogens is 136 g/mol. The fourth-order valence-electron chi connectivity index (χ4n) is 0.445. The molecule has 0 aliphatic carbocycles. The molecule has 0 radical (unpaired) electrons. The van der Waals surface area contributed by atoms with Crippen molar-refractivity contribution < 1.29 is 4.79 Å². The van der Waals surface area contributed by atoms with E-state index in [1.807, 2.05) is 5.43 Å². The first kappa shape index (κ1) is 6.62. The van der Waals surface area contributed by atoms with Crippen molar-refractivity contribution in [3.8, 4) is 0 Å². The molecule has 1 amide bonds. The second kappa shape index (κ2) is 2.87. The molecule has 1 rings (SSSR count). The van der Waals surface area contributed by atoms with E-state index < -0.39 is 0 Å². The van der Waals surface area contributed by atoms with Crippen LogP contribution in [0.5, 0.6) is 0 Å². The van der Waals surface area contributed by atoms with Gasteiger partial charge in [0.15, 0.2) is 0 Å². The van der Waals surface area contributed by atoms with Crippen molar-refractivity contribution in [2.75, 3.05) is 0 Å². The van der Waals surface area contributed by atoms with Gasteiger partial charge < -0.3 is 0 Å². The molecule has 0 aliphatic heterocycles. The van der Waals surface area contributed by atoms with E-state index in [2.05, 4.69) is 15.5 Å². The lowest BCUT2D eigenvalue weighted by molar-refractivity contribution is -0.121. The highest BCUT2D eigenvalue weighted by Crippen LogP contribution is 1.74. The van der Waals surface area contributed by atoms with Crippen LogP contribution < -0.4 is 11.3 Å². The minimum atomic E-state index is -0.340. The molecule has 0 saturated carbocycles. The topological polar surface area (TPSA) is 98.7 Å². The maximum Gasteiger partial charge on any atom is 0.255 e. The molecule has 0 aliphatic rings. The Labute approximate surface area is 56.2 Å². The zero-order valence-electron chi connectivity index (χ0n) is 5.06. The van der Waals surface area contributed by atoms with Crippen LogP contribution in [0.1, 0.15) is 0 Å². The van der Waals surface area contributed by atoms with Gasteiger partial charge in [0.05, 0.1) is 0 Å². The van der Waals surface area contributed by atoms with E-state index in [0.29, 0.717) is 0 Å². The molecular formula is C3H6N6O. The average molecular weight is 142 g/mol. The van der Waals surface area contributed by atoms with Crippen molar-refractivity contribution in [2.24, 2.45) is 5.84 Å². The van der Waals surface area contributed by atoms with Crippen molar-refractivity contribution in [3.05, 3.63) is 6.33 Å². The molecule has 1 aromatic rings. The minimum Gasteiger partial charge on any atom is -0.293 e. The van der Waals surface area contributed by atoms with Gasteiger partial charge in [-0.05, 0) is 10.4 Å². The van der Waals surface area contributed by atoms with Crippen LogP contribution in [-0.2, 0) is 11.3 Å². The maximum absolute atomic E-state index is 10.5. The van der Waals surface area contributed by atoms with E-state index >= 15 is 0 Å². The molecule has 7 nitrogen and oxygen atoms in total. The number of hydrogen-bond acceptors (Lipinski definition) is 5. The lowest BCUT2D eigenvalue weighted by Gasteiger charge is -1.95. The first-order chi connectivity index (χ1) is 4.83. The van der Waals surface area contributed by atoms with E-state index in [1.54, 1.807) is 0 Å². The van der Waals surface area contributed by atoms with Gasteiger partial charge in [-0.25, -0.2) is 10.5 Å². The molecule has 0 bridgehead atoms. The molecule has 0 unspecified atom stereocenters. The van der Waals surface area contributed by atoms with E-state index in [4.69, 9.17) is 5.84 Å². The largest absolute Gasteiger partial charge is 0.293 e. The summed E-state index contributed by atoms with van der Waals surface area (Å²) in [6.45, 7) is 0.0451. The quantitative estimate of drug-likeness (QED) is 0.274. The van der Waals surface area contributed by atoms with Gasteiger partial charge in [0.1, 0.15) is 12.9 Å². The number of tetrazole rings is 1. The van der Waals surface area contributed by atoms with Crippen molar-refractivity contribution in [2.45, 2.75) is 6.54 Å². The van der Waals surface area contributed by atoms with Crippen LogP contribution in [-0.4, -0.2) is 26.1 Å². The molecule has 0 spiro atoms. The third kappa shape index (κ3) is 1.49. The standard InChI is InChI=1S/C3H6N6O/c4-6-3(10)1-9-2-5-7-8-9/h2H,1,4H2,(H,6,10). The Balaban J connectivity index is 2.48. The Morgan fingerprint density at radius 1 is 1.80 bits per heavy atom. The van der Waals surface area contributed by atoms with E-state index in [1.165, 1.54) is 11.0 Å². The number of carbonyl (C=O) groups excluding carboxylic acids is 1. The number of amides is 1. The van der Waals surface area contributed by atoms with Gasteiger partial charge in [0.25, 0.3) is 5.91 Å². The summed E-state index contributed by atoms with van der Waals surface area (Å²) in [6.07, 6.45) is 1.33. The molecule has 0 fully saturated rings. The van der Waals surface area contributed by atoms with Crippen LogP contribution in [0.25, 0.3) is 0 Å². The fraction of sp³-hybridized carbons (Fsp3) is 0.333. The number of carbonyl (C=O) groups is 1. The van der Waals surface area contributed by atoms with Crippen LogP contribution in [0.2, 0.25) is 0 Å². The van der Waals surface area contributed by atoms with E-state index in [9.17, 15) is 4.79 Å². The monoisotopic (exact) mass is 142 g/mol. The number of nitrogens with zero attached hydrogens (tertiary/aromatic N) is 4. The number of hydrogen-bond donors (Lipinski definition) is 2. The fourth-order valence-corrected chi connectivity index (χ4v) is 0.445. The van der Waals surface area contributed by atoms with Crippen LogP contribution >= 0.6 is 0 Å². The normalized spacial score (nSPS) is 9.30. The smallest absolute Gasteiger partial charge is 0.255 e. The molecule has 3 N–H and O–H groups in total. The number of hydrazine groups is 1. The second-order valence-corrected chi connectivity index (χ2v) is 1.57. The van der Waals surface area contributed by atoms with Gasteiger partial charge in [-0.3, -0.25) is 10.2 Å². The molecule has 0 saturated heterocycles. The number of aromatic nitrogens is 4. The summed E-state index contributed by atoms with van der Waals surface area (Å²) in [5.74, 6) is 4.47. The Morgan fingerprint density at radius 2 is 2.60 bits per heavy atom. The summed E-state index contributed by atoms with van der Waals surface area (Å²) in [4.78, 5) is 10.5. The first-order valence-corrected chi connectivity index (χ1v) is 2.53. The van der Waals surface area contributed by atoms with Gasteiger partial charge in [-0.15, -0.1) is 5.10 Å². The van der Waals surface area contributed by atoms with Gasteiger partial charge >= 0.3 is 0 Å². The minimum absolute atomic E-state index is 0.0451. The molecule has 10 heavy (non-hydrogen) atoms. The van der Waals surface area contributed by atoms with Gasteiger partial charge in [0.2, 0.25) is 0 Å². The van der Waals surface area contributed by atoms with Crippen LogP contribution in [0, 0.1) is 0 Å². The van der Waals surface area contributed by atoms with Crippen LogP contribution in [0.15, 0.2) is 6.33 Å². The second-order valence-electron chi connectivity index (χ2n) is 1.57. The van der Waals surface area contributed by atoms with E-state index in [-0.39, 0.29) is 12.5 Å². The highest BCUT2D eigenvalue weighted by Gasteiger charge is 1.98. The Kier molecular flexibility index (Phi) is 1.90. The number of nitrogens with two attached hydrogens (primary N) is 1. The SMILES string of the molecule is NNC(=O)Cn1cnnn1. The summed E-state index contributed by atoms with van der Waals surface area (Å²) in [7, 11) is 0. The summed E-state index contributed by atoms with van der Waals surface area (Å²) in [5, 5.41) is 10.1. The molecule has 0 atom stereocenters. The highest BCUT2D eigenvalue weighted by atomic mass is 16.2. The van der Waals surface area contributed by atoms with Crippen molar-refractivity contribution in [1.29, 1.82) is 0 Å². The molecule has 0 aromatic carbocycles. The zero-order valence-corrected chi connectivity index (χ0v) is 5.06. The summed E-state index contributed by atoms with van der Waals surface area (Å²) < 4.78 is 1.27. The van der Waals surface area contributed by atoms with Crippen LogP contribution in [0.3, 0.4) is 0 Å². The average Bonchev–Trinajstić information content (AvgIpc) is 2.40. The molecule has 1 aromatic heterocycles. The lowest BCUT2D eigenvalue weighted by Crippen LogP contribution is -2.33. The van der Waals surface area contributed by atoms with Crippen molar-refractivity contribution in [3.63, 3.8) is 0 Å². The third-order valence-corrected chi connectivity index (χ3v) is 0.858. The highest BCUT2D eigenvalue weighted by molar-refractivity contribution is 5.74. The maximum atomic E-state index is 10.5. The predicted octanol–water partition coefficient (Wildman–Crippen LogP) is -2.34. The van der Waals surface area contributed by atoms with Crippen molar-refractivity contribution >= 4 is 5.91 Å². The lowest BCUT2D eigenvalue weighted by atomic mass is 10.6. The van der Waals surface area contributed by atoms with E-state index in [0.717, 1.165) is 0 Å². The molecule has 54 valence electrons. The molecule has 1 heterocycles. The Hall–Kier alpha value is -1.50. The number of rotatable bonds is 2. The van der Waals surface area contributed by atoms with Crippen molar-refractivity contribution in [1.82, 2.24) is 25.6 Å². The Bertz CT molecular complexity index is 205. The van der Waals surface area contributed by atoms with Crippen LogP contribution in [0.4, 0.5) is 0 Å². The van der Waals surface area contributed by atoms with Gasteiger partial charge in [-0.1, -0.05) is 0 Å². The zero-order chi connectivity index (χ0) is 7.40. The predicted molar refractivity (Wildman–Crippen MR) is 30.1 cm³/mol. The first-order valence-electron chi connectivity index (χ1n) is 2.53. The van der Waals surface area contributed by atoms with Gasteiger partial charge in [0, 0.05) is 0 Å². The Morgan fingerprint density at radius 3 is 3.10 bits per heavy atom. The van der Waals surface area contributed by atoms with Gasteiger partial charge in [-0.2, -0.15) is 0 Å². The summed E-state index contributed by atoms with van der Waals surface area (Å²) >= 11 is 0. The third-order valence-electron chi connectivity index (χ3n) is 0.858. The summed E-state index contributed by atoms with van der Waals surface area (Å²) in [6, 6.07) is 0. The molecule has 7 heteroatoms. The number of nitrogens with one attached hydrogen (secondary N) is 1. The summed E-state index contributed by atoms with van der Waals surface area (Å²) in [5.41, 5.74) is 1.95.